The molecule has 0 saturated carbocycles. The molecule has 1 rings (SSSR count). The Hall–Kier alpha value is -0.810. The van der Waals surface area contributed by atoms with E-state index in [0.717, 1.165) is 45.2 Å². The molecule has 1 heterocycles. The monoisotopic (exact) mass is 298 g/mol. The highest BCUT2D eigenvalue weighted by Gasteiger charge is 2.22. The van der Waals surface area contributed by atoms with Crippen molar-refractivity contribution in [1.82, 2.24) is 15.5 Å². The normalized spacial score (nSPS) is 20.2. The van der Waals surface area contributed by atoms with E-state index in [1.54, 1.807) is 0 Å². The summed E-state index contributed by atoms with van der Waals surface area (Å²) in [4.78, 5) is 6.80. The number of rotatable bonds is 9. The van der Waals surface area contributed by atoms with Crippen molar-refractivity contribution in [1.29, 1.82) is 0 Å². The molecule has 21 heavy (non-hydrogen) atoms. The summed E-state index contributed by atoms with van der Waals surface area (Å²) in [5.74, 6) is 1.59. The van der Waals surface area contributed by atoms with Crippen molar-refractivity contribution >= 4 is 5.96 Å². The van der Waals surface area contributed by atoms with Crippen molar-refractivity contribution in [3.8, 4) is 0 Å². The lowest BCUT2D eigenvalue weighted by Crippen LogP contribution is -2.45. The van der Waals surface area contributed by atoms with Crippen molar-refractivity contribution in [2.24, 2.45) is 10.9 Å². The highest BCUT2D eigenvalue weighted by Crippen LogP contribution is 2.15. The third kappa shape index (κ3) is 7.67. The largest absolute Gasteiger partial charge is 0.380 e. The Morgan fingerprint density at radius 1 is 1.33 bits per heavy atom. The minimum atomic E-state index is 0.649. The average molecular weight is 298 g/mol. The minimum absolute atomic E-state index is 0.649. The number of ether oxygens (including phenoxy) is 1. The van der Waals surface area contributed by atoms with E-state index < -0.39 is 0 Å². The second kappa shape index (κ2) is 10.9. The van der Waals surface area contributed by atoms with Gasteiger partial charge in [-0.05, 0) is 38.3 Å². The second-order valence-corrected chi connectivity index (χ2v) is 6.10. The molecule has 1 unspecified atom stereocenters. The van der Waals surface area contributed by atoms with Crippen LogP contribution in [0.2, 0.25) is 0 Å². The van der Waals surface area contributed by atoms with E-state index in [1.165, 1.54) is 19.4 Å². The van der Waals surface area contributed by atoms with Gasteiger partial charge in [-0.3, -0.25) is 9.89 Å². The van der Waals surface area contributed by atoms with E-state index >= 15 is 0 Å². The van der Waals surface area contributed by atoms with Gasteiger partial charge in [-0.2, -0.15) is 0 Å². The molecule has 0 spiro atoms. The number of guanidine groups is 1. The predicted molar refractivity (Wildman–Crippen MR) is 89.9 cm³/mol. The molecule has 0 bridgehead atoms. The maximum absolute atomic E-state index is 5.60. The lowest BCUT2D eigenvalue weighted by Gasteiger charge is -2.23. The number of aliphatic imine (C=N–C) groups is 1. The van der Waals surface area contributed by atoms with Gasteiger partial charge in [0.15, 0.2) is 5.96 Å². The molecule has 1 fully saturated rings. The van der Waals surface area contributed by atoms with Crippen LogP contribution in [-0.2, 0) is 4.74 Å². The van der Waals surface area contributed by atoms with Gasteiger partial charge in [-0.15, -0.1) is 0 Å². The molecule has 124 valence electrons. The van der Waals surface area contributed by atoms with Crippen LogP contribution in [0.5, 0.6) is 0 Å². The topological polar surface area (TPSA) is 48.9 Å². The SMILES string of the molecule is CCN1CCCC1CNC(=NC)NCCOCCC(C)C. The Morgan fingerprint density at radius 3 is 2.81 bits per heavy atom. The molecule has 0 radical (unpaired) electrons. The molecule has 0 aromatic carbocycles. The summed E-state index contributed by atoms with van der Waals surface area (Å²) < 4.78 is 5.60. The maximum Gasteiger partial charge on any atom is 0.191 e. The number of nitrogens with one attached hydrogen (secondary N) is 2. The number of hydrogen-bond acceptors (Lipinski definition) is 3. The Kier molecular flexibility index (Phi) is 9.42. The van der Waals surface area contributed by atoms with Crippen LogP contribution >= 0.6 is 0 Å². The Morgan fingerprint density at radius 2 is 2.14 bits per heavy atom. The van der Waals surface area contributed by atoms with E-state index in [9.17, 15) is 0 Å². The van der Waals surface area contributed by atoms with Crippen molar-refractivity contribution in [2.45, 2.75) is 46.1 Å². The summed E-state index contributed by atoms with van der Waals surface area (Å²) in [5.41, 5.74) is 0. The van der Waals surface area contributed by atoms with Gasteiger partial charge in [0, 0.05) is 32.8 Å². The summed E-state index contributed by atoms with van der Waals surface area (Å²) in [6.45, 7) is 12.4. The molecule has 1 saturated heterocycles. The summed E-state index contributed by atoms with van der Waals surface area (Å²) in [5, 5.41) is 6.74. The van der Waals surface area contributed by atoms with Crippen LogP contribution < -0.4 is 10.6 Å². The second-order valence-electron chi connectivity index (χ2n) is 6.10. The zero-order valence-corrected chi connectivity index (χ0v) is 14.3. The number of likely N-dealkylation sites (N-methyl/N-ethyl adjacent to an activating group) is 1. The van der Waals surface area contributed by atoms with Crippen LogP contribution in [-0.4, -0.2) is 63.3 Å². The van der Waals surface area contributed by atoms with Gasteiger partial charge in [0.05, 0.1) is 6.61 Å². The number of likely N-dealkylation sites (tertiary alicyclic amines) is 1. The summed E-state index contributed by atoms with van der Waals surface area (Å²) in [6, 6.07) is 0.649. The van der Waals surface area contributed by atoms with Gasteiger partial charge in [-0.25, -0.2) is 0 Å². The molecule has 2 N–H and O–H groups in total. The number of nitrogens with zero attached hydrogens (tertiary/aromatic N) is 2. The molecule has 5 nitrogen and oxygen atoms in total. The fourth-order valence-corrected chi connectivity index (χ4v) is 2.64. The maximum atomic E-state index is 5.60. The van der Waals surface area contributed by atoms with Crippen LogP contribution in [0.25, 0.3) is 0 Å². The summed E-state index contributed by atoms with van der Waals surface area (Å²) >= 11 is 0. The van der Waals surface area contributed by atoms with Gasteiger partial charge in [-0.1, -0.05) is 20.8 Å². The average Bonchev–Trinajstić information content (AvgIpc) is 2.92. The van der Waals surface area contributed by atoms with Crippen LogP contribution in [0.1, 0.15) is 40.0 Å². The summed E-state index contributed by atoms with van der Waals surface area (Å²) in [6.07, 6.45) is 3.73. The van der Waals surface area contributed by atoms with Gasteiger partial charge in [0.25, 0.3) is 0 Å². The summed E-state index contributed by atoms with van der Waals surface area (Å²) in [7, 11) is 1.82. The molecule has 0 aromatic heterocycles. The van der Waals surface area contributed by atoms with E-state index in [-0.39, 0.29) is 0 Å². The molecular weight excluding hydrogens is 264 g/mol. The first kappa shape index (κ1) is 18.2. The van der Waals surface area contributed by atoms with Crippen LogP contribution in [0.15, 0.2) is 4.99 Å². The lowest BCUT2D eigenvalue weighted by atomic mass is 10.1. The third-order valence-electron chi connectivity index (χ3n) is 4.01. The fraction of sp³-hybridized carbons (Fsp3) is 0.938. The quantitative estimate of drug-likeness (QED) is 0.386. The van der Waals surface area contributed by atoms with E-state index in [2.05, 4.69) is 41.3 Å². The van der Waals surface area contributed by atoms with E-state index in [1.807, 2.05) is 7.05 Å². The van der Waals surface area contributed by atoms with Gasteiger partial charge >= 0.3 is 0 Å². The van der Waals surface area contributed by atoms with Crippen LogP contribution in [0.4, 0.5) is 0 Å². The van der Waals surface area contributed by atoms with Gasteiger partial charge in [0.2, 0.25) is 0 Å². The zero-order valence-electron chi connectivity index (χ0n) is 14.3. The molecule has 0 aromatic rings. The minimum Gasteiger partial charge on any atom is -0.380 e. The van der Waals surface area contributed by atoms with Crippen molar-refractivity contribution in [3.63, 3.8) is 0 Å². The fourth-order valence-electron chi connectivity index (χ4n) is 2.64. The standard InChI is InChI=1S/C16H34N4O/c1-5-20-10-6-7-15(20)13-19-16(17-4)18-9-12-21-11-8-14(2)3/h14-15H,5-13H2,1-4H3,(H2,17,18,19). The first-order valence-electron chi connectivity index (χ1n) is 8.43. The predicted octanol–water partition coefficient (Wildman–Crippen LogP) is 1.70. The third-order valence-corrected chi connectivity index (χ3v) is 4.01. The molecule has 1 aliphatic heterocycles. The molecular formula is C16H34N4O. The van der Waals surface area contributed by atoms with E-state index in [4.69, 9.17) is 4.74 Å². The first-order chi connectivity index (χ1) is 10.2. The van der Waals surface area contributed by atoms with E-state index in [0.29, 0.717) is 12.0 Å². The van der Waals surface area contributed by atoms with Crippen molar-refractivity contribution in [2.75, 3.05) is 46.4 Å². The Balaban J connectivity index is 2.09. The zero-order chi connectivity index (χ0) is 15.5. The van der Waals surface area contributed by atoms with Crippen LogP contribution in [0, 0.1) is 5.92 Å². The molecule has 5 heteroatoms. The van der Waals surface area contributed by atoms with Crippen molar-refractivity contribution in [3.05, 3.63) is 0 Å². The Bertz CT molecular complexity index is 294. The molecule has 0 aliphatic carbocycles. The first-order valence-corrected chi connectivity index (χ1v) is 8.43. The smallest absolute Gasteiger partial charge is 0.191 e. The van der Waals surface area contributed by atoms with Crippen molar-refractivity contribution < 1.29 is 4.74 Å². The highest BCUT2D eigenvalue weighted by molar-refractivity contribution is 5.79. The number of hydrogen-bond donors (Lipinski definition) is 2. The van der Waals surface area contributed by atoms with Crippen LogP contribution in [0.3, 0.4) is 0 Å². The highest BCUT2D eigenvalue weighted by atomic mass is 16.5. The lowest BCUT2D eigenvalue weighted by molar-refractivity contribution is 0.128. The molecule has 1 aliphatic rings. The van der Waals surface area contributed by atoms with Gasteiger partial charge < -0.3 is 15.4 Å². The van der Waals surface area contributed by atoms with Gasteiger partial charge in [0.1, 0.15) is 0 Å². The Labute approximate surface area is 130 Å². The molecule has 1 atom stereocenters. The molecule has 0 amide bonds.